The Labute approximate surface area is 142 Å². The van der Waals surface area contributed by atoms with Crippen LogP contribution in [-0.2, 0) is 22.4 Å². The number of methoxy groups -OCH3 is 2. The lowest BCUT2D eigenvalue weighted by molar-refractivity contribution is -0.143. The summed E-state index contributed by atoms with van der Waals surface area (Å²) in [7, 11) is 3.23. The Kier molecular flexibility index (Phi) is 4.74. The maximum Gasteiger partial charge on any atom is 0.317 e. The van der Waals surface area contributed by atoms with Crippen LogP contribution in [0.4, 0.5) is 0 Å². The first-order valence-corrected chi connectivity index (χ1v) is 8.18. The molecule has 2 aromatic carbocycles. The minimum absolute atomic E-state index is 0.222. The molecule has 0 saturated carbocycles. The van der Waals surface area contributed by atoms with Crippen molar-refractivity contribution in [2.75, 3.05) is 20.8 Å². The van der Waals surface area contributed by atoms with Gasteiger partial charge in [-0.3, -0.25) is 4.79 Å². The summed E-state index contributed by atoms with van der Waals surface area (Å²) in [6.07, 6.45) is 1.73. The van der Waals surface area contributed by atoms with Gasteiger partial charge in [0.25, 0.3) is 0 Å². The van der Waals surface area contributed by atoms with E-state index in [-0.39, 0.29) is 5.97 Å². The Balaban J connectivity index is 2.20. The van der Waals surface area contributed by atoms with E-state index < -0.39 is 5.92 Å². The quantitative estimate of drug-likeness (QED) is 0.807. The van der Waals surface area contributed by atoms with Gasteiger partial charge in [0.2, 0.25) is 0 Å². The molecule has 126 valence electrons. The zero-order valence-electron chi connectivity index (χ0n) is 14.3. The van der Waals surface area contributed by atoms with Gasteiger partial charge in [-0.1, -0.05) is 24.3 Å². The fraction of sp³-hybridized carbons (Fsp3) is 0.350. The van der Waals surface area contributed by atoms with Crippen molar-refractivity contribution in [3.05, 3.63) is 58.7 Å². The zero-order chi connectivity index (χ0) is 17.1. The van der Waals surface area contributed by atoms with Crippen LogP contribution in [0.2, 0.25) is 0 Å². The molecule has 4 nitrogen and oxygen atoms in total. The second-order valence-electron chi connectivity index (χ2n) is 5.79. The van der Waals surface area contributed by atoms with E-state index in [1.807, 2.05) is 37.3 Å². The molecule has 0 fully saturated rings. The molecular weight excluding hydrogens is 304 g/mol. The largest absolute Gasteiger partial charge is 0.493 e. The molecule has 0 aromatic heterocycles. The van der Waals surface area contributed by atoms with Crippen molar-refractivity contribution in [2.24, 2.45) is 0 Å². The molecule has 24 heavy (non-hydrogen) atoms. The van der Waals surface area contributed by atoms with Crippen LogP contribution >= 0.6 is 0 Å². The predicted octanol–water partition coefficient (Wildman–Crippen LogP) is 3.50. The molecule has 0 saturated heterocycles. The van der Waals surface area contributed by atoms with Gasteiger partial charge >= 0.3 is 5.97 Å². The highest BCUT2D eigenvalue weighted by Crippen LogP contribution is 2.40. The fourth-order valence-electron chi connectivity index (χ4n) is 3.38. The third-order valence-corrected chi connectivity index (χ3v) is 4.51. The van der Waals surface area contributed by atoms with E-state index in [1.165, 1.54) is 5.56 Å². The number of esters is 1. The first kappa shape index (κ1) is 16.4. The molecule has 0 amide bonds. The third kappa shape index (κ3) is 2.84. The predicted molar refractivity (Wildman–Crippen MR) is 91.9 cm³/mol. The molecular formula is C20H22O4. The van der Waals surface area contributed by atoms with Crippen LogP contribution in [0.1, 0.15) is 35.1 Å². The summed E-state index contributed by atoms with van der Waals surface area (Å²) >= 11 is 0. The molecule has 0 aliphatic heterocycles. The lowest BCUT2D eigenvalue weighted by Crippen LogP contribution is -2.18. The highest BCUT2D eigenvalue weighted by molar-refractivity contribution is 5.84. The summed E-state index contributed by atoms with van der Waals surface area (Å²) in [6, 6.07) is 12.0. The van der Waals surface area contributed by atoms with E-state index in [0.29, 0.717) is 18.1 Å². The van der Waals surface area contributed by atoms with Crippen LogP contribution in [-0.4, -0.2) is 26.8 Å². The second kappa shape index (κ2) is 6.95. The Hall–Kier alpha value is -2.49. The van der Waals surface area contributed by atoms with Crippen LogP contribution in [0.3, 0.4) is 0 Å². The highest BCUT2D eigenvalue weighted by atomic mass is 16.5. The molecule has 2 aromatic rings. The topological polar surface area (TPSA) is 44.8 Å². The van der Waals surface area contributed by atoms with E-state index in [9.17, 15) is 4.79 Å². The van der Waals surface area contributed by atoms with E-state index >= 15 is 0 Å². The molecule has 0 N–H and O–H groups in total. The van der Waals surface area contributed by atoms with Crippen molar-refractivity contribution < 1.29 is 19.0 Å². The number of carbonyl (C=O) groups is 1. The Bertz CT molecular complexity index is 751. The van der Waals surface area contributed by atoms with Gasteiger partial charge in [-0.25, -0.2) is 0 Å². The average molecular weight is 326 g/mol. The molecule has 1 unspecified atom stereocenters. The van der Waals surface area contributed by atoms with Crippen LogP contribution in [0.5, 0.6) is 11.5 Å². The molecule has 1 atom stereocenters. The van der Waals surface area contributed by atoms with Crippen LogP contribution < -0.4 is 9.47 Å². The van der Waals surface area contributed by atoms with Gasteiger partial charge < -0.3 is 14.2 Å². The summed E-state index contributed by atoms with van der Waals surface area (Å²) < 4.78 is 16.2. The van der Waals surface area contributed by atoms with Gasteiger partial charge in [0.05, 0.1) is 20.8 Å². The van der Waals surface area contributed by atoms with Crippen molar-refractivity contribution in [1.82, 2.24) is 0 Å². The average Bonchev–Trinajstić information content (AvgIpc) is 2.77. The normalized spacial score (nSPS) is 15.7. The monoisotopic (exact) mass is 326 g/mol. The van der Waals surface area contributed by atoms with Crippen molar-refractivity contribution in [3.63, 3.8) is 0 Å². The minimum atomic E-state index is -0.432. The van der Waals surface area contributed by atoms with Gasteiger partial charge in [-0.05, 0) is 54.2 Å². The second-order valence-corrected chi connectivity index (χ2v) is 5.79. The van der Waals surface area contributed by atoms with Crippen molar-refractivity contribution in [3.8, 4) is 11.5 Å². The van der Waals surface area contributed by atoms with Crippen LogP contribution in [0.15, 0.2) is 36.4 Å². The molecule has 1 aliphatic rings. The summed E-state index contributed by atoms with van der Waals surface area (Å²) in [5.74, 6) is 0.661. The number of hydrogen-bond acceptors (Lipinski definition) is 4. The molecule has 0 spiro atoms. The van der Waals surface area contributed by atoms with E-state index in [0.717, 1.165) is 29.5 Å². The van der Waals surface area contributed by atoms with Gasteiger partial charge in [0.1, 0.15) is 5.92 Å². The summed E-state index contributed by atoms with van der Waals surface area (Å²) in [5, 5.41) is 0. The number of aryl methyl sites for hydroxylation is 2. The molecule has 0 bridgehead atoms. The smallest absolute Gasteiger partial charge is 0.317 e. The number of fused-ring (bicyclic) bond motifs is 2. The van der Waals surface area contributed by atoms with E-state index in [4.69, 9.17) is 14.2 Å². The minimum Gasteiger partial charge on any atom is -0.493 e. The Morgan fingerprint density at radius 1 is 1.00 bits per heavy atom. The maximum atomic E-state index is 12.7. The molecule has 4 heteroatoms. The zero-order valence-corrected chi connectivity index (χ0v) is 14.3. The first-order valence-electron chi connectivity index (χ1n) is 8.18. The number of ether oxygens (including phenoxy) is 3. The Morgan fingerprint density at radius 3 is 2.38 bits per heavy atom. The summed E-state index contributed by atoms with van der Waals surface area (Å²) in [6.45, 7) is 2.19. The maximum absolute atomic E-state index is 12.7. The standard InChI is InChI=1S/C20H22O4/c1-4-24-20(21)19-15-8-6-5-7-13(15)9-10-14-11-17(22-2)18(23-3)12-16(14)19/h5-8,11-12,19H,4,9-10H2,1-3H3. The number of rotatable bonds is 4. The molecule has 3 rings (SSSR count). The van der Waals surface area contributed by atoms with Gasteiger partial charge in [0, 0.05) is 0 Å². The van der Waals surface area contributed by atoms with Crippen molar-refractivity contribution in [2.45, 2.75) is 25.7 Å². The number of hydrogen-bond donors (Lipinski definition) is 0. The molecule has 0 heterocycles. The van der Waals surface area contributed by atoms with Gasteiger partial charge in [-0.2, -0.15) is 0 Å². The fourth-order valence-corrected chi connectivity index (χ4v) is 3.38. The number of benzene rings is 2. The van der Waals surface area contributed by atoms with E-state index in [1.54, 1.807) is 14.2 Å². The van der Waals surface area contributed by atoms with Crippen molar-refractivity contribution in [1.29, 1.82) is 0 Å². The Morgan fingerprint density at radius 2 is 1.67 bits per heavy atom. The highest BCUT2D eigenvalue weighted by Gasteiger charge is 2.31. The number of carbonyl (C=O) groups excluding carboxylic acids is 1. The van der Waals surface area contributed by atoms with Gasteiger partial charge in [0.15, 0.2) is 11.5 Å². The van der Waals surface area contributed by atoms with Crippen molar-refractivity contribution >= 4 is 5.97 Å². The lowest BCUT2D eigenvalue weighted by atomic mass is 9.88. The SMILES string of the molecule is CCOC(=O)C1c2ccccc2CCc2cc(OC)c(OC)cc21. The lowest BCUT2D eigenvalue weighted by Gasteiger charge is -2.20. The van der Waals surface area contributed by atoms with Gasteiger partial charge in [-0.15, -0.1) is 0 Å². The summed E-state index contributed by atoms with van der Waals surface area (Å²) in [4.78, 5) is 12.7. The molecule has 1 aliphatic carbocycles. The first-order chi connectivity index (χ1) is 11.7. The molecule has 0 radical (unpaired) electrons. The van der Waals surface area contributed by atoms with E-state index in [2.05, 4.69) is 6.07 Å². The van der Waals surface area contributed by atoms with Crippen LogP contribution in [0.25, 0.3) is 0 Å². The van der Waals surface area contributed by atoms with Crippen LogP contribution in [0, 0.1) is 0 Å². The third-order valence-electron chi connectivity index (χ3n) is 4.51. The summed E-state index contributed by atoms with van der Waals surface area (Å²) in [5.41, 5.74) is 4.24.